The molecular formula is C27H24N4O4. The second-order valence-electron chi connectivity index (χ2n) is 7.40. The molecule has 0 bridgehead atoms. The monoisotopic (exact) mass is 468 g/mol. The number of nitrogen functional groups attached to an aromatic ring is 1. The largest absolute Gasteiger partial charge is 0.493 e. The van der Waals surface area contributed by atoms with E-state index in [0.717, 1.165) is 5.56 Å². The van der Waals surface area contributed by atoms with Crippen molar-refractivity contribution >= 4 is 17.4 Å². The predicted molar refractivity (Wildman–Crippen MR) is 135 cm³/mol. The van der Waals surface area contributed by atoms with Crippen molar-refractivity contribution in [2.75, 3.05) is 18.2 Å². The molecule has 4 rings (SSSR count). The Bertz CT molecular complexity index is 1340. The first-order chi connectivity index (χ1) is 17.1. The number of ether oxygens (including phenoxy) is 3. The van der Waals surface area contributed by atoms with Crippen LogP contribution in [-0.4, -0.2) is 23.0 Å². The van der Waals surface area contributed by atoms with Gasteiger partial charge in [-0.2, -0.15) is 0 Å². The van der Waals surface area contributed by atoms with Crippen LogP contribution in [0.3, 0.4) is 0 Å². The van der Waals surface area contributed by atoms with E-state index in [-0.39, 0.29) is 17.6 Å². The SMILES string of the molecule is C=CC(=O)Nc1cccc(Oc2ncnc(N)c2-c2ccc(OCc3ccccc3)c(OC)c2)c1. The van der Waals surface area contributed by atoms with Crippen LogP contribution in [0.2, 0.25) is 0 Å². The zero-order valence-electron chi connectivity index (χ0n) is 19.1. The topological polar surface area (TPSA) is 109 Å². The summed E-state index contributed by atoms with van der Waals surface area (Å²) in [5, 5.41) is 2.70. The van der Waals surface area contributed by atoms with Crippen molar-refractivity contribution in [2.24, 2.45) is 0 Å². The number of hydrogen-bond acceptors (Lipinski definition) is 7. The van der Waals surface area contributed by atoms with E-state index in [4.69, 9.17) is 19.9 Å². The van der Waals surface area contributed by atoms with Crippen molar-refractivity contribution in [1.29, 1.82) is 0 Å². The summed E-state index contributed by atoms with van der Waals surface area (Å²) in [7, 11) is 1.57. The number of nitrogens with one attached hydrogen (secondary N) is 1. The molecule has 0 saturated heterocycles. The maximum absolute atomic E-state index is 11.6. The molecule has 0 aliphatic rings. The lowest BCUT2D eigenvalue weighted by Gasteiger charge is -2.15. The Labute approximate surface area is 203 Å². The Kier molecular flexibility index (Phi) is 7.22. The Balaban J connectivity index is 1.61. The third kappa shape index (κ3) is 5.75. The number of benzene rings is 3. The van der Waals surface area contributed by atoms with Gasteiger partial charge in [0.05, 0.1) is 12.7 Å². The number of nitrogens with two attached hydrogens (primary N) is 1. The highest BCUT2D eigenvalue weighted by atomic mass is 16.5. The molecule has 0 aliphatic heterocycles. The van der Waals surface area contributed by atoms with Crippen LogP contribution in [0.5, 0.6) is 23.1 Å². The summed E-state index contributed by atoms with van der Waals surface area (Å²) < 4.78 is 17.5. The zero-order chi connectivity index (χ0) is 24.6. The Morgan fingerprint density at radius 1 is 1.03 bits per heavy atom. The van der Waals surface area contributed by atoms with E-state index in [9.17, 15) is 4.79 Å². The van der Waals surface area contributed by atoms with Gasteiger partial charge in [0.15, 0.2) is 11.5 Å². The van der Waals surface area contributed by atoms with Crippen LogP contribution in [0.1, 0.15) is 5.56 Å². The molecule has 1 aromatic heterocycles. The lowest BCUT2D eigenvalue weighted by Crippen LogP contribution is -2.07. The zero-order valence-corrected chi connectivity index (χ0v) is 19.1. The summed E-state index contributed by atoms with van der Waals surface area (Å²) in [6, 6.07) is 22.2. The predicted octanol–water partition coefficient (Wildman–Crippen LogP) is 5.23. The Morgan fingerprint density at radius 3 is 2.63 bits per heavy atom. The highest BCUT2D eigenvalue weighted by Crippen LogP contribution is 2.39. The van der Waals surface area contributed by atoms with Gasteiger partial charge in [-0.25, -0.2) is 9.97 Å². The molecule has 0 saturated carbocycles. The van der Waals surface area contributed by atoms with E-state index in [2.05, 4.69) is 21.9 Å². The van der Waals surface area contributed by atoms with Crippen LogP contribution in [0.4, 0.5) is 11.5 Å². The molecule has 0 unspecified atom stereocenters. The van der Waals surface area contributed by atoms with Gasteiger partial charge in [-0.15, -0.1) is 0 Å². The molecule has 4 aromatic rings. The van der Waals surface area contributed by atoms with Crippen molar-refractivity contribution in [3.8, 4) is 34.3 Å². The number of amides is 1. The number of methoxy groups -OCH3 is 1. The fourth-order valence-electron chi connectivity index (χ4n) is 3.35. The molecule has 176 valence electrons. The molecule has 1 amide bonds. The van der Waals surface area contributed by atoms with E-state index < -0.39 is 0 Å². The molecule has 0 atom stereocenters. The van der Waals surface area contributed by atoms with Crippen LogP contribution in [0.15, 0.2) is 91.8 Å². The molecule has 35 heavy (non-hydrogen) atoms. The second kappa shape index (κ2) is 10.8. The van der Waals surface area contributed by atoms with Crippen LogP contribution in [0.25, 0.3) is 11.1 Å². The number of anilines is 2. The van der Waals surface area contributed by atoms with E-state index in [1.807, 2.05) is 36.4 Å². The Hall–Kier alpha value is -4.85. The smallest absolute Gasteiger partial charge is 0.247 e. The van der Waals surface area contributed by atoms with E-state index >= 15 is 0 Å². The minimum atomic E-state index is -0.323. The number of aromatic nitrogens is 2. The maximum atomic E-state index is 11.6. The molecule has 0 aliphatic carbocycles. The van der Waals surface area contributed by atoms with Crippen molar-refractivity contribution in [3.63, 3.8) is 0 Å². The third-order valence-electron chi connectivity index (χ3n) is 5.03. The molecule has 3 N–H and O–H groups in total. The molecule has 0 fully saturated rings. The molecular weight excluding hydrogens is 444 g/mol. The fourth-order valence-corrected chi connectivity index (χ4v) is 3.35. The second-order valence-corrected chi connectivity index (χ2v) is 7.40. The van der Waals surface area contributed by atoms with Gasteiger partial charge in [0.2, 0.25) is 11.8 Å². The average molecular weight is 469 g/mol. The average Bonchev–Trinajstić information content (AvgIpc) is 2.88. The molecule has 8 heteroatoms. The molecule has 0 radical (unpaired) electrons. The fraction of sp³-hybridized carbons (Fsp3) is 0.0741. The van der Waals surface area contributed by atoms with Gasteiger partial charge in [-0.05, 0) is 41.5 Å². The lowest BCUT2D eigenvalue weighted by molar-refractivity contribution is -0.111. The minimum absolute atomic E-state index is 0.242. The number of rotatable bonds is 9. The highest BCUT2D eigenvalue weighted by Gasteiger charge is 2.17. The molecule has 3 aromatic carbocycles. The minimum Gasteiger partial charge on any atom is -0.493 e. The van der Waals surface area contributed by atoms with E-state index in [1.165, 1.54) is 12.4 Å². The number of hydrogen-bond donors (Lipinski definition) is 2. The highest BCUT2D eigenvalue weighted by molar-refractivity contribution is 5.99. The summed E-state index contributed by atoms with van der Waals surface area (Å²) in [6.45, 7) is 3.86. The van der Waals surface area contributed by atoms with Gasteiger partial charge in [0, 0.05) is 11.8 Å². The van der Waals surface area contributed by atoms with Gasteiger partial charge in [0.25, 0.3) is 0 Å². The quantitative estimate of drug-likeness (QED) is 0.324. The van der Waals surface area contributed by atoms with Gasteiger partial charge in [0.1, 0.15) is 24.5 Å². The summed E-state index contributed by atoms with van der Waals surface area (Å²) in [6.07, 6.45) is 2.52. The number of carbonyl (C=O) groups excluding carboxylic acids is 1. The van der Waals surface area contributed by atoms with Crippen LogP contribution >= 0.6 is 0 Å². The Morgan fingerprint density at radius 2 is 1.86 bits per heavy atom. The van der Waals surface area contributed by atoms with Crippen molar-refractivity contribution in [2.45, 2.75) is 6.61 Å². The van der Waals surface area contributed by atoms with Gasteiger partial charge < -0.3 is 25.3 Å². The summed E-state index contributed by atoms with van der Waals surface area (Å²) >= 11 is 0. The molecule has 8 nitrogen and oxygen atoms in total. The first-order valence-corrected chi connectivity index (χ1v) is 10.7. The first kappa shape index (κ1) is 23.3. The normalized spacial score (nSPS) is 10.3. The molecule has 1 heterocycles. The van der Waals surface area contributed by atoms with Gasteiger partial charge in [-0.1, -0.05) is 49.0 Å². The number of nitrogens with zero attached hydrogens (tertiary/aromatic N) is 2. The maximum Gasteiger partial charge on any atom is 0.247 e. The number of carbonyl (C=O) groups is 1. The van der Waals surface area contributed by atoms with Gasteiger partial charge >= 0.3 is 0 Å². The van der Waals surface area contributed by atoms with Crippen molar-refractivity contribution < 1.29 is 19.0 Å². The summed E-state index contributed by atoms with van der Waals surface area (Å²) in [5.74, 6) is 1.75. The third-order valence-corrected chi connectivity index (χ3v) is 5.03. The standard InChI is InChI=1S/C27H24N4O4/c1-3-24(32)31-20-10-7-11-21(15-20)35-27-25(26(28)29-17-30-27)19-12-13-22(23(14-19)33-2)34-16-18-8-5-4-6-9-18/h3-15,17H,1,16H2,2H3,(H,31,32)(H2,28,29,30). The summed E-state index contributed by atoms with van der Waals surface area (Å²) in [5.41, 5.74) is 9.00. The van der Waals surface area contributed by atoms with E-state index in [0.29, 0.717) is 40.7 Å². The molecule has 0 spiro atoms. The summed E-state index contributed by atoms with van der Waals surface area (Å²) in [4.78, 5) is 20.0. The van der Waals surface area contributed by atoms with Crippen LogP contribution < -0.4 is 25.3 Å². The van der Waals surface area contributed by atoms with E-state index in [1.54, 1.807) is 43.5 Å². The van der Waals surface area contributed by atoms with Crippen LogP contribution in [-0.2, 0) is 11.4 Å². The van der Waals surface area contributed by atoms with Gasteiger partial charge in [-0.3, -0.25) is 4.79 Å². The van der Waals surface area contributed by atoms with Crippen molar-refractivity contribution in [3.05, 3.63) is 97.3 Å². The first-order valence-electron chi connectivity index (χ1n) is 10.7. The lowest BCUT2D eigenvalue weighted by atomic mass is 10.1. The van der Waals surface area contributed by atoms with Crippen LogP contribution in [0, 0.1) is 0 Å². The van der Waals surface area contributed by atoms with Crippen molar-refractivity contribution in [1.82, 2.24) is 9.97 Å².